The molecule has 0 aromatic heterocycles. The van der Waals surface area contributed by atoms with E-state index in [9.17, 15) is 20.2 Å². The number of hydrogen-bond acceptors (Lipinski definition) is 5. The first kappa shape index (κ1) is 21.9. The summed E-state index contributed by atoms with van der Waals surface area (Å²) in [5.74, 6) is 0. The average molecular weight is 450 g/mol. The van der Waals surface area contributed by atoms with E-state index in [1.807, 2.05) is 47.4 Å². The van der Waals surface area contributed by atoms with Crippen LogP contribution in [0, 0.1) is 10.1 Å². The van der Waals surface area contributed by atoms with E-state index in [1.165, 1.54) is 34.4 Å². The molecule has 0 radical (unpaired) electrons. The molecule has 0 aliphatic heterocycles. The summed E-state index contributed by atoms with van der Waals surface area (Å²) in [5, 5.41) is 30.9. The summed E-state index contributed by atoms with van der Waals surface area (Å²) in [6, 6.07) is 28.7. The van der Waals surface area contributed by atoms with Gasteiger partial charge in [0.05, 0.1) is 16.1 Å². The van der Waals surface area contributed by atoms with E-state index in [-0.39, 0.29) is 16.6 Å². The van der Waals surface area contributed by atoms with Crippen molar-refractivity contribution in [2.45, 2.75) is 19.3 Å². The summed E-state index contributed by atoms with van der Waals surface area (Å²) in [5.41, 5.74) is 6.42. The highest BCUT2D eigenvalue weighted by atomic mass is 16.6. The Balaban J connectivity index is 1.70. The lowest BCUT2D eigenvalue weighted by Crippen LogP contribution is -2.32. The molecule has 6 nitrogen and oxygen atoms in total. The van der Waals surface area contributed by atoms with Crippen LogP contribution in [0.4, 0.5) is 22.7 Å². The number of anilines is 3. The van der Waals surface area contributed by atoms with Crippen molar-refractivity contribution >= 4 is 35.3 Å². The van der Waals surface area contributed by atoms with E-state index >= 15 is 0 Å². The first-order valence-corrected chi connectivity index (χ1v) is 11.0. The van der Waals surface area contributed by atoms with Crippen molar-refractivity contribution in [3.05, 3.63) is 112 Å². The third-order valence-corrected chi connectivity index (χ3v) is 6.59. The maximum Gasteiger partial charge on any atom is 0.495 e. The highest BCUT2D eigenvalue weighted by Crippen LogP contribution is 2.50. The minimum atomic E-state index is -1.93. The van der Waals surface area contributed by atoms with Crippen molar-refractivity contribution in [3.8, 4) is 11.1 Å². The third kappa shape index (κ3) is 3.46. The lowest BCUT2D eigenvalue weighted by molar-refractivity contribution is -0.383. The number of nitro benzene ring substituents is 1. The fraction of sp³-hybridized carbons (Fsp3) is 0.111. The third-order valence-electron chi connectivity index (χ3n) is 6.59. The van der Waals surface area contributed by atoms with E-state index < -0.39 is 12.0 Å². The molecule has 0 saturated heterocycles. The molecule has 0 amide bonds. The number of rotatable bonds is 5. The molecule has 168 valence electrons. The SMILES string of the molecule is CC1(C)c2ccccc2-c2ccc(N(c3ccccc3)c3ccc(B(O)O)c([N+](=O)[O-])c3)cc21. The Kier molecular flexibility index (Phi) is 5.23. The topological polar surface area (TPSA) is 86.8 Å². The van der Waals surface area contributed by atoms with Crippen LogP contribution in [0.25, 0.3) is 11.1 Å². The normalized spacial score (nSPS) is 13.2. The van der Waals surface area contributed by atoms with Crippen LogP contribution in [0.5, 0.6) is 0 Å². The molecule has 0 unspecified atom stereocenters. The lowest BCUT2D eigenvalue weighted by Gasteiger charge is -2.28. The number of para-hydroxylation sites is 1. The Morgan fingerprint density at radius 3 is 2.09 bits per heavy atom. The predicted octanol–water partition coefficient (Wildman–Crippen LogP) is 5.05. The number of nitrogens with zero attached hydrogens (tertiary/aromatic N) is 2. The standard InChI is InChI=1S/C27H23BN2O4/c1-27(2)23-11-7-6-10-21(23)22-14-12-19(16-24(22)27)29(18-8-4-3-5-9-18)20-13-15-25(28(31)32)26(17-20)30(33)34/h3-17,31-32H,1-2H3. The van der Waals surface area contributed by atoms with Crippen LogP contribution in [-0.2, 0) is 5.41 Å². The van der Waals surface area contributed by atoms with Crippen LogP contribution in [0.2, 0.25) is 0 Å². The van der Waals surface area contributed by atoms with Gasteiger partial charge in [-0.25, -0.2) is 0 Å². The summed E-state index contributed by atoms with van der Waals surface area (Å²) < 4.78 is 0. The van der Waals surface area contributed by atoms with Gasteiger partial charge in [0.25, 0.3) is 5.69 Å². The number of hydrogen-bond donors (Lipinski definition) is 2. The molecule has 34 heavy (non-hydrogen) atoms. The van der Waals surface area contributed by atoms with Crippen molar-refractivity contribution in [1.82, 2.24) is 0 Å². The van der Waals surface area contributed by atoms with Crippen LogP contribution in [0.3, 0.4) is 0 Å². The Morgan fingerprint density at radius 1 is 0.765 bits per heavy atom. The first-order valence-electron chi connectivity index (χ1n) is 11.0. The maximum absolute atomic E-state index is 11.7. The van der Waals surface area contributed by atoms with Gasteiger partial charge in [0.2, 0.25) is 0 Å². The Hall–Kier alpha value is -3.94. The van der Waals surface area contributed by atoms with Crippen molar-refractivity contribution in [3.63, 3.8) is 0 Å². The van der Waals surface area contributed by atoms with Crippen molar-refractivity contribution in [2.24, 2.45) is 0 Å². The molecule has 0 atom stereocenters. The van der Waals surface area contributed by atoms with Crippen LogP contribution in [0.15, 0.2) is 91.0 Å². The van der Waals surface area contributed by atoms with Gasteiger partial charge in [0.15, 0.2) is 0 Å². The minimum absolute atomic E-state index is 0.146. The fourth-order valence-electron chi connectivity index (χ4n) is 4.90. The van der Waals surface area contributed by atoms with Gasteiger partial charge in [0, 0.05) is 22.9 Å². The smallest absolute Gasteiger partial charge is 0.423 e. The van der Waals surface area contributed by atoms with Gasteiger partial charge in [0.1, 0.15) is 0 Å². The summed E-state index contributed by atoms with van der Waals surface area (Å²) in [4.78, 5) is 13.1. The second kappa shape index (κ2) is 8.13. The van der Waals surface area contributed by atoms with Crippen LogP contribution in [-0.4, -0.2) is 22.1 Å². The van der Waals surface area contributed by atoms with Crippen molar-refractivity contribution in [1.29, 1.82) is 0 Å². The molecule has 4 aromatic rings. The van der Waals surface area contributed by atoms with Gasteiger partial charge >= 0.3 is 7.12 Å². The predicted molar refractivity (Wildman–Crippen MR) is 135 cm³/mol. The van der Waals surface area contributed by atoms with Gasteiger partial charge < -0.3 is 14.9 Å². The molecule has 7 heteroatoms. The van der Waals surface area contributed by atoms with Gasteiger partial charge in [-0.3, -0.25) is 10.1 Å². The minimum Gasteiger partial charge on any atom is -0.423 e. The molecule has 1 aliphatic rings. The van der Waals surface area contributed by atoms with E-state index in [0.29, 0.717) is 5.69 Å². The molecular weight excluding hydrogens is 427 g/mol. The molecule has 4 aromatic carbocycles. The Labute approximate surface area is 198 Å². The van der Waals surface area contributed by atoms with Crippen LogP contribution in [0.1, 0.15) is 25.0 Å². The first-order chi connectivity index (χ1) is 16.3. The molecular formula is C27H23BN2O4. The summed E-state index contributed by atoms with van der Waals surface area (Å²) in [6.07, 6.45) is 0. The molecule has 5 rings (SSSR count). The zero-order chi connectivity index (χ0) is 24.0. The summed E-state index contributed by atoms with van der Waals surface area (Å²) in [7, 11) is -1.93. The number of fused-ring (bicyclic) bond motifs is 3. The van der Waals surface area contributed by atoms with Crippen LogP contribution < -0.4 is 10.4 Å². The zero-order valence-corrected chi connectivity index (χ0v) is 18.8. The van der Waals surface area contributed by atoms with Crippen molar-refractivity contribution < 1.29 is 15.0 Å². The van der Waals surface area contributed by atoms with Crippen LogP contribution >= 0.6 is 0 Å². The number of benzene rings is 4. The van der Waals surface area contributed by atoms with E-state index in [4.69, 9.17) is 0 Å². The molecule has 0 heterocycles. The molecule has 0 fully saturated rings. The van der Waals surface area contributed by atoms with Gasteiger partial charge in [-0.15, -0.1) is 0 Å². The molecule has 0 spiro atoms. The fourth-order valence-corrected chi connectivity index (χ4v) is 4.90. The van der Waals surface area contributed by atoms with Gasteiger partial charge in [-0.05, 0) is 52.6 Å². The van der Waals surface area contributed by atoms with E-state index in [2.05, 4.69) is 44.2 Å². The highest BCUT2D eigenvalue weighted by Gasteiger charge is 2.36. The molecule has 2 N–H and O–H groups in total. The second-order valence-electron chi connectivity index (χ2n) is 8.95. The van der Waals surface area contributed by atoms with Crippen molar-refractivity contribution in [2.75, 3.05) is 4.90 Å². The Bertz CT molecular complexity index is 1400. The van der Waals surface area contributed by atoms with Gasteiger partial charge in [-0.1, -0.05) is 68.4 Å². The quantitative estimate of drug-likeness (QED) is 0.253. The maximum atomic E-state index is 11.7. The average Bonchev–Trinajstić information content (AvgIpc) is 3.06. The van der Waals surface area contributed by atoms with E-state index in [0.717, 1.165) is 11.4 Å². The highest BCUT2D eigenvalue weighted by molar-refractivity contribution is 6.60. The monoisotopic (exact) mass is 450 g/mol. The van der Waals surface area contributed by atoms with E-state index in [1.54, 1.807) is 6.07 Å². The lowest BCUT2D eigenvalue weighted by atomic mass is 9.79. The zero-order valence-electron chi connectivity index (χ0n) is 18.8. The molecule has 1 aliphatic carbocycles. The Morgan fingerprint density at radius 2 is 1.38 bits per heavy atom. The summed E-state index contributed by atoms with van der Waals surface area (Å²) in [6.45, 7) is 4.41. The molecule has 0 bridgehead atoms. The largest absolute Gasteiger partial charge is 0.495 e. The summed E-state index contributed by atoms with van der Waals surface area (Å²) >= 11 is 0. The number of nitro groups is 1. The second-order valence-corrected chi connectivity index (χ2v) is 8.95. The van der Waals surface area contributed by atoms with Gasteiger partial charge in [-0.2, -0.15) is 0 Å². The molecule has 0 saturated carbocycles.